The zero-order valence-electron chi connectivity index (χ0n) is 17.9. The molecule has 7 heteroatoms. The summed E-state index contributed by atoms with van der Waals surface area (Å²) in [4.78, 5) is 13.9. The van der Waals surface area contributed by atoms with Crippen LogP contribution in [0.4, 0.5) is 0 Å². The molecule has 1 aliphatic carbocycles. The number of hydrogen-bond acceptors (Lipinski definition) is 6. The lowest BCUT2D eigenvalue weighted by atomic mass is 9.85. The van der Waals surface area contributed by atoms with Crippen LogP contribution >= 0.6 is 11.8 Å². The summed E-state index contributed by atoms with van der Waals surface area (Å²) in [5.74, 6) is 2.23. The van der Waals surface area contributed by atoms with Crippen molar-refractivity contribution in [3.05, 3.63) is 60.2 Å². The van der Waals surface area contributed by atoms with E-state index in [4.69, 9.17) is 9.97 Å². The Morgan fingerprint density at radius 2 is 1.81 bits per heavy atom. The summed E-state index contributed by atoms with van der Waals surface area (Å²) in [5.41, 5.74) is 4.85. The molecule has 2 atom stereocenters. The molecule has 0 aliphatic heterocycles. The highest BCUT2D eigenvalue weighted by Gasteiger charge is 2.28. The molecule has 1 aromatic carbocycles. The molecular formula is C24H26N6S. The fraction of sp³-hybridized carbons (Fsp3) is 0.375. The Labute approximate surface area is 186 Å². The van der Waals surface area contributed by atoms with Crippen LogP contribution in [0.25, 0.3) is 22.4 Å². The molecular weight excluding hydrogens is 404 g/mol. The van der Waals surface area contributed by atoms with Gasteiger partial charge in [0.05, 0.1) is 22.4 Å². The number of para-hydroxylation sites is 2. The van der Waals surface area contributed by atoms with Gasteiger partial charge in [0.1, 0.15) is 0 Å². The second-order valence-electron chi connectivity index (χ2n) is 8.28. The van der Waals surface area contributed by atoms with Crippen molar-refractivity contribution in [2.45, 2.75) is 56.5 Å². The molecule has 4 aromatic rings. The Bertz CT molecular complexity index is 1190. The first kappa shape index (κ1) is 20.1. The highest BCUT2D eigenvalue weighted by molar-refractivity contribution is 7.98. The van der Waals surface area contributed by atoms with Crippen molar-refractivity contribution in [1.82, 2.24) is 29.7 Å². The molecule has 31 heavy (non-hydrogen) atoms. The van der Waals surface area contributed by atoms with Gasteiger partial charge in [-0.05, 0) is 49.9 Å². The van der Waals surface area contributed by atoms with Crippen molar-refractivity contribution < 1.29 is 0 Å². The van der Waals surface area contributed by atoms with Crippen LogP contribution in [-0.2, 0) is 5.75 Å². The topological polar surface area (TPSA) is 69.4 Å². The van der Waals surface area contributed by atoms with E-state index < -0.39 is 0 Å². The smallest absolute Gasteiger partial charge is 0.192 e. The Morgan fingerprint density at radius 3 is 2.58 bits per heavy atom. The Balaban J connectivity index is 1.49. The fourth-order valence-electron chi connectivity index (χ4n) is 4.44. The third-order valence-electron chi connectivity index (χ3n) is 6.16. The number of pyridine rings is 1. The molecule has 1 fully saturated rings. The van der Waals surface area contributed by atoms with Crippen LogP contribution in [0.1, 0.15) is 50.0 Å². The number of nitrogens with zero attached hydrogens (tertiary/aromatic N) is 6. The van der Waals surface area contributed by atoms with Gasteiger partial charge in [-0.3, -0.25) is 9.55 Å². The standard InChI is InChI=1S/C24H26N6S/c1-16-8-3-6-12-22(16)30-23(18-9-7-13-25-14-18)28-29-24(30)31-15-21-17(2)26-19-10-4-5-11-20(19)27-21/h4-5,7,9-11,13-14,16,22H,3,6,8,12,15H2,1-2H3/t16-,22-/m1/s1. The van der Waals surface area contributed by atoms with Gasteiger partial charge in [0.2, 0.25) is 0 Å². The molecule has 1 saturated carbocycles. The number of aryl methyl sites for hydroxylation is 1. The average molecular weight is 431 g/mol. The van der Waals surface area contributed by atoms with Crippen molar-refractivity contribution >= 4 is 22.8 Å². The summed E-state index contributed by atoms with van der Waals surface area (Å²) in [6, 6.07) is 12.5. The van der Waals surface area contributed by atoms with Crippen molar-refractivity contribution in [3.63, 3.8) is 0 Å². The third-order valence-corrected chi connectivity index (χ3v) is 7.12. The first-order valence-corrected chi connectivity index (χ1v) is 11.9. The van der Waals surface area contributed by atoms with Gasteiger partial charge in [0.15, 0.2) is 11.0 Å². The van der Waals surface area contributed by atoms with E-state index in [9.17, 15) is 0 Å². The molecule has 0 bridgehead atoms. The zero-order valence-corrected chi connectivity index (χ0v) is 18.7. The van der Waals surface area contributed by atoms with E-state index in [1.807, 2.05) is 43.5 Å². The quantitative estimate of drug-likeness (QED) is 0.382. The van der Waals surface area contributed by atoms with Gasteiger partial charge in [0.25, 0.3) is 0 Å². The van der Waals surface area contributed by atoms with Gasteiger partial charge in [-0.25, -0.2) is 9.97 Å². The SMILES string of the molecule is Cc1nc2ccccc2nc1CSc1nnc(-c2cccnc2)n1[C@@H]1CCCC[C@H]1C. The molecule has 0 amide bonds. The maximum absolute atomic E-state index is 4.86. The van der Waals surface area contributed by atoms with Gasteiger partial charge in [0, 0.05) is 29.8 Å². The molecule has 6 nitrogen and oxygen atoms in total. The molecule has 5 rings (SSSR count). The number of rotatable bonds is 5. The summed E-state index contributed by atoms with van der Waals surface area (Å²) in [7, 11) is 0. The van der Waals surface area contributed by atoms with Crippen molar-refractivity contribution in [2.75, 3.05) is 0 Å². The van der Waals surface area contributed by atoms with Gasteiger partial charge in [-0.1, -0.05) is 43.7 Å². The van der Waals surface area contributed by atoms with E-state index in [1.165, 1.54) is 19.3 Å². The normalized spacial score (nSPS) is 19.0. The molecule has 0 N–H and O–H groups in total. The van der Waals surface area contributed by atoms with E-state index in [0.29, 0.717) is 12.0 Å². The lowest BCUT2D eigenvalue weighted by molar-refractivity contribution is 0.247. The summed E-state index contributed by atoms with van der Waals surface area (Å²) in [5, 5.41) is 10.2. The van der Waals surface area contributed by atoms with Gasteiger partial charge < -0.3 is 0 Å². The van der Waals surface area contributed by atoms with Crippen molar-refractivity contribution in [1.29, 1.82) is 0 Å². The Kier molecular flexibility index (Phi) is 5.68. The summed E-state index contributed by atoms with van der Waals surface area (Å²) in [6.45, 7) is 4.38. The summed E-state index contributed by atoms with van der Waals surface area (Å²) in [6.07, 6.45) is 8.63. The number of hydrogen-bond donors (Lipinski definition) is 0. The van der Waals surface area contributed by atoms with Crippen LogP contribution in [0.5, 0.6) is 0 Å². The number of benzene rings is 1. The predicted octanol–water partition coefficient (Wildman–Crippen LogP) is 5.64. The molecule has 3 aromatic heterocycles. The van der Waals surface area contributed by atoms with Crippen LogP contribution in [0.3, 0.4) is 0 Å². The number of aromatic nitrogens is 6. The Hall–Kier alpha value is -2.80. The van der Waals surface area contributed by atoms with Crippen molar-refractivity contribution in [3.8, 4) is 11.4 Å². The van der Waals surface area contributed by atoms with E-state index >= 15 is 0 Å². The predicted molar refractivity (Wildman–Crippen MR) is 124 cm³/mol. The van der Waals surface area contributed by atoms with E-state index in [1.54, 1.807) is 18.0 Å². The molecule has 3 heterocycles. The lowest BCUT2D eigenvalue weighted by Gasteiger charge is -2.31. The minimum absolute atomic E-state index is 0.408. The molecule has 0 radical (unpaired) electrons. The average Bonchev–Trinajstić information content (AvgIpc) is 3.22. The van der Waals surface area contributed by atoms with Crippen LogP contribution in [0.2, 0.25) is 0 Å². The van der Waals surface area contributed by atoms with Crippen LogP contribution < -0.4 is 0 Å². The minimum atomic E-state index is 0.408. The fourth-order valence-corrected chi connectivity index (χ4v) is 5.44. The van der Waals surface area contributed by atoms with Crippen LogP contribution in [0, 0.1) is 12.8 Å². The van der Waals surface area contributed by atoms with Gasteiger partial charge in [-0.2, -0.15) is 0 Å². The second-order valence-corrected chi connectivity index (χ2v) is 9.22. The minimum Gasteiger partial charge on any atom is -0.299 e. The van der Waals surface area contributed by atoms with Gasteiger partial charge >= 0.3 is 0 Å². The number of thioether (sulfide) groups is 1. The molecule has 0 saturated heterocycles. The third kappa shape index (κ3) is 4.06. The van der Waals surface area contributed by atoms with Crippen LogP contribution in [-0.4, -0.2) is 29.7 Å². The Morgan fingerprint density at radius 1 is 1.00 bits per heavy atom. The summed E-state index contributed by atoms with van der Waals surface area (Å²) >= 11 is 1.70. The maximum Gasteiger partial charge on any atom is 0.192 e. The van der Waals surface area contributed by atoms with Gasteiger partial charge in [-0.15, -0.1) is 10.2 Å². The molecule has 0 spiro atoms. The van der Waals surface area contributed by atoms with E-state index in [2.05, 4.69) is 32.7 Å². The summed E-state index contributed by atoms with van der Waals surface area (Å²) < 4.78 is 2.36. The monoisotopic (exact) mass is 430 g/mol. The molecule has 0 unspecified atom stereocenters. The van der Waals surface area contributed by atoms with E-state index in [-0.39, 0.29) is 0 Å². The molecule has 158 valence electrons. The lowest BCUT2D eigenvalue weighted by Crippen LogP contribution is -2.22. The zero-order chi connectivity index (χ0) is 21.2. The first-order chi connectivity index (χ1) is 15.2. The maximum atomic E-state index is 4.86. The highest BCUT2D eigenvalue weighted by atomic mass is 32.2. The largest absolute Gasteiger partial charge is 0.299 e. The highest BCUT2D eigenvalue weighted by Crippen LogP contribution is 2.39. The van der Waals surface area contributed by atoms with Crippen LogP contribution in [0.15, 0.2) is 53.9 Å². The first-order valence-electron chi connectivity index (χ1n) is 10.9. The van der Waals surface area contributed by atoms with Crippen molar-refractivity contribution in [2.24, 2.45) is 5.92 Å². The van der Waals surface area contributed by atoms with E-state index in [0.717, 1.165) is 51.1 Å². The molecule has 1 aliphatic rings. The second kappa shape index (κ2) is 8.75. The number of fused-ring (bicyclic) bond motifs is 1.